The van der Waals surface area contributed by atoms with Crippen molar-refractivity contribution in [3.8, 4) is 0 Å². The Balaban J connectivity index is 1.88. The van der Waals surface area contributed by atoms with Gasteiger partial charge in [-0.3, -0.25) is 10.1 Å². The monoisotopic (exact) mass is 238 g/mol. The summed E-state index contributed by atoms with van der Waals surface area (Å²) >= 11 is 0. The Morgan fingerprint density at radius 1 is 1.47 bits per heavy atom. The van der Waals surface area contributed by atoms with Crippen LogP contribution < -0.4 is 5.32 Å². The second-order valence-electron chi connectivity index (χ2n) is 4.47. The van der Waals surface area contributed by atoms with E-state index in [0.29, 0.717) is 6.54 Å². The molecule has 92 valence electrons. The zero-order valence-electron chi connectivity index (χ0n) is 9.49. The van der Waals surface area contributed by atoms with Crippen molar-refractivity contribution in [3.05, 3.63) is 39.7 Å². The summed E-state index contributed by atoms with van der Waals surface area (Å²) in [7, 11) is 0. The maximum atomic E-state index is 13.3. The van der Waals surface area contributed by atoms with Crippen LogP contribution in [0.3, 0.4) is 0 Å². The van der Waals surface area contributed by atoms with Crippen molar-refractivity contribution in [2.75, 3.05) is 6.54 Å². The second-order valence-corrected chi connectivity index (χ2v) is 4.47. The fraction of sp³-hybridized carbons (Fsp3) is 0.500. The van der Waals surface area contributed by atoms with Crippen LogP contribution in [0.25, 0.3) is 0 Å². The fourth-order valence-electron chi connectivity index (χ4n) is 1.93. The van der Waals surface area contributed by atoms with Crippen molar-refractivity contribution in [3.63, 3.8) is 0 Å². The van der Waals surface area contributed by atoms with Crippen LogP contribution in [0.5, 0.6) is 0 Å². The van der Waals surface area contributed by atoms with Crippen LogP contribution in [-0.2, 0) is 6.54 Å². The highest BCUT2D eigenvalue weighted by Gasteiger charge is 2.17. The van der Waals surface area contributed by atoms with Crippen molar-refractivity contribution >= 4 is 5.69 Å². The lowest BCUT2D eigenvalue weighted by atomic mass is 9.85. The Morgan fingerprint density at radius 2 is 2.24 bits per heavy atom. The molecule has 1 aliphatic carbocycles. The molecule has 1 fully saturated rings. The SMILES string of the molecule is O=[N+]([O-])c1ccc(CNCC2CCC2)cc1F. The minimum Gasteiger partial charge on any atom is -0.312 e. The third kappa shape index (κ3) is 3.00. The first-order chi connectivity index (χ1) is 8.16. The zero-order chi connectivity index (χ0) is 12.3. The Morgan fingerprint density at radius 3 is 2.76 bits per heavy atom. The summed E-state index contributed by atoms with van der Waals surface area (Å²) in [5.74, 6) is -0.0177. The third-order valence-corrected chi connectivity index (χ3v) is 3.20. The van der Waals surface area contributed by atoms with E-state index in [-0.39, 0.29) is 0 Å². The lowest BCUT2D eigenvalue weighted by molar-refractivity contribution is -0.387. The molecule has 0 unspecified atom stereocenters. The van der Waals surface area contributed by atoms with Gasteiger partial charge in [-0.1, -0.05) is 12.5 Å². The van der Waals surface area contributed by atoms with Crippen LogP contribution in [0.4, 0.5) is 10.1 Å². The molecule has 0 spiro atoms. The van der Waals surface area contributed by atoms with Crippen molar-refractivity contribution in [1.82, 2.24) is 5.32 Å². The molecule has 1 N–H and O–H groups in total. The van der Waals surface area contributed by atoms with Gasteiger partial charge in [0.2, 0.25) is 5.82 Å². The van der Waals surface area contributed by atoms with Crippen molar-refractivity contribution < 1.29 is 9.31 Å². The van der Waals surface area contributed by atoms with Crippen LogP contribution >= 0.6 is 0 Å². The van der Waals surface area contributed by atoms with E-state index in [0.717, 1.165) is 18.0 Å². The zero-order valence-corrected chi connectivity index (χ0v) is 9.49. The second kappa shape index (κ2) is 5.23. The number of hydrogen-bond acceptors (Lipinski definition) is 3. The Labute approximate surface area is 99.0 Å². The molecule has 1 aromatic carbocycles. The van der Waals surface area contributed by atoms with E-state index >= 15 is 0 Å². The lowest BCUT2D eigenvalue weighted by Gasteiger charge is -2.25. The first kappa shape index (κ1) is 12.0. The van der Waals surface area contributed by atoms with E-state index in [1.165, 1.54) is 31.4 Å². The van der Waals surface area contributed by atoms with Crippen molar-refractivity contribution in [1.29, 1.82) is 0 Å². The molecule has 1 aromatic rings. The van der Waals surface area contributed by atoms with E-state index < -0.39 is 16.4 Å². The normalized spacial score (nSPS) is 15.6. The number of rotatable bonds is 5. The van der Waals surface area contributed by atoms with Gasteiger partial charge < -0.3 is 5.32 Å². The van der Waals surface area contributed by atoms with Gasteiger partial charge in [-0.15, -0.1) is 0 Å². The minimum absolute atomic E-state index is 0.465. The average molecular weight is 238 g/mol. The van der Waals surface area contributed by atoms with E-state index in [4.69, 9.17) is 0 Å². The molecule has 0 heterocycles. The van der Waals surface area contributed by atoms with Gasteiger partial charge in [-0.2, -0.15) is 4.39 Å². The molecule has 0 amide bonds. The number of halogens is 1. The highest BCUT2D eigenvalue weighted by atomic mass is 19.1. The molecule has 0 bridgehead atoms. The number of nitrogens with one attached hydrogen (secondary N) is 1. The molecule has 17 heavy (non-hydrogen) atoms. The predicted octanol–water partition coefficient (Wildman–Crippen LogP) is 2.62. The molecule has 1 aliphatic rings. The molecule has 2 rings (SSSR count). The van der Waals surface area contributed by atoms with Crippen molar-refractivity contribution in [2.24, 2.45) is 5.92 Å². The van der Waals surface area contributed by atoms with Gasteiger partial charge in [0, 0.05) is 12.6 Å². The summed E-state index contributed by atoms with van der Waals surface area (Å²) in [6, 6.07) is 4.04. The highest BCUT2D eigenvalue weighted by Crippen LogP contribution is 2.25. The number of hydrogen-bond donors (Lipinski definition) is 1. The third-order valence-electron chi connectivity index (χ3n) is 3.20. The Kier molecular flexibility index (Phi) is 3.68. The molecule has 0 atom stereocenters. The van der Waals surface area contributed by atoms with Crippen LogP contribution in [-0.4, -0.2) is 11.5 Å². The van der Waals surface area contributed by atoms with Crippen LogP contribution in [0.1, 0.15) is 24.8 Å². The topological polar surface area (TPSA) is 55.2 Å². The van der Waals surface area contributed by atoms with Crippen LogP contribution in [0.2, 0.25) is 0 Å². The molecule has 5 heteroatoms. The van der Waals surface area contributed by atoms with Gasteiger partial charge in [-0.05, 0) is 36.9 Å². The standard InChI is InChI=1S/C12H15FN2O2/c13-11-6-10(4-5-12(11)15(16)17)8-14-7-9-2-1-3-9/h4-6,9,14H,1-3,7-8H2. The summed E-state index contributed by atoms with van der Waals surface area (Å²) in [6.07, 6.45) is 3.84. The fourth-order valence-corrected chi connectivity index (χ4v) is 1.93. The average Bonchev–Trinajstić information content (AvgIpc) is 2.21. The highest BCUT2D eigenvalue weighted by molar-refractivity contribution is 5.34. The summed E-state index contributed by atoms with van der Waals surface area (Å²) in [6.45, 7) is 1.50. The summed E-state index contributed by atoms with van der Waals surface area (Å²) < 4.78 is 13.3. The van der Waals surface area contributed by atoms with Gasteiger partial charge in [0.25, 0.3) is 0 Å². The van der Waals surface area contributed by atoms with E-state index in [1.54, 1.807) is 6.07 Å². The maximum absolute atomic E-state index is 13.3. The van der Waals surface area contributed by atoms with Crippen molar-refractivity contribution in [2.45, 2.75) is 25.8 Å². The van der Waals surface area contributed by atoms with E-state index in [2.05, 4.69) is 5.32 Å². The van der Waals surface area contributed by atoms with Crippen LogP contribution in [0, 0.1) is 21.8 Å². The van der Waals surface area contributed by atoms with Crippen LogP contribution in [0.15, 0.2) is 18.2 Å². The molecule has 1 saturated carbocycles. The smallest absolute Gasteiger partial charge is 0.304 e. The quantitative estimate of drug-likeness (QED) is 0.633. The van der Waals surface area contributed by atoms with Gasteiger partial charge in [0.1, 0.15) is 0 Å². The summed E-state index contributed by atoms with van der Waals surface area (Å²) in [5, 5.41) is 13.7. The minimum atomic E-state index is -0.766. The van der Waals surface area contributed by atoms with Gasteiger partial charge in [0.15, 0.2) is 0 Å². The van der Waals surface area contributed by atoms with E-state index in [9.17, 15) is 14.5 Å². The lowest BCUT2D eigenvalue weighted by Crippen LogP contribution is -2.26. The predicted molar refractivity (Wildman–Crippen MR) is 62.1 cm³/mol. The summed E-state index contributed by atoms with van der Waals surface area (Å²) in [5.41, 5.74) is 0.278. The molecular formula is C12H15FN2O2. The number of benzene rings is 1. The number of nitro benzene ring substituents is 1. The van der Waals surface area contributed by atoms with Gasteiger partial charge in [0.05, 0.1) is 4.92 Å². The largest absolute Gasteiger partial charge is 0.312 e. The first-order valence-corrected chi connectivity index (χ1v) is 5.80. The molecule has 0 saturated heterocycles. The Bertz CT molecular complexity index is 419. The number of nitrogens with zero attached hydrogens (tertiary/aromatic N) is 1. The van der Waals surface area contributed by atoms with Gasteiger partial charge >= 0.3 is 5.69 Å². The molecule has 0 aliphatic heterocycles. The first-order valence-electron chi connectivity index (χ1n) is 5.80. The molecule has 0 radical (unpaired) electrons. The molecule has 4 nitrogen and oxygen atoms in total. The van der Waals surface area contributed by atoms with E-state index in [1.807, 2.05) is 0 Å². The molecular weight excluding hydrogens is 223 g/mol. The Hall–Kier alpha value is -1.49. The number of nitro groups is 1. The summed E-state index contributed by atoms with van der Waals surface area (Å²) in [4.78, 5) is 9.73. The maximum Gasteiger partial charge on any atom is 0.304 e. The molecule has 0 aromatic heterocycles. The van der Waals surface area contributed by atoms with Gasteiger partial charge in [-0.25, -0.2) is 0 Å².